The lowest BCUT2D eigenvalue weighted by Gasteiger charge is -2.57. The Morgan fingerprint density at radius 1 is 1.00 bits per heavy atom. The molecular formula is C16H26N2O. The molecule has 19 heavy (non-hydrogen) atoms. The highest BCUT2D eigenvalue weighted by Gasteiger charge is 2.50. The third-order valence-corrected chi connectivity index (χ3v) is 5.83. The monoisotopic (exact) mass is 262 g/mol. The highest BCUT2D eigenvalue weighted by Crippen LogP contribution is 2.55. The summed E-state index contributed by atoms with van der Waals surface area (Å²) in [6.07, 6.45) is 11.6. The Balaban J connectivity index is 1.28. The summed E-state index contributed by atoms with van der Waals surface area (Å²) in [5.41, 5.74) is 0.411. The number of hydrogen-bond acceptors (Lipinski definition) is 2. The Morgan fingerprint density at radius 2 is 1.58 bits per heavy atom. The minimum Gasteiger partial charge on any atom is -0.353 e. The van der Waals surface area contributed by atoms with E-state index in [9.17, 15) is 4.79 Å². The molecule has 0 spiro atoms. The van der Waals surface area contributed by atoms with Crippen LogP contribution in [0.25, 0.3) is 0 Å². The number of amides is 1. The molecule has 0 aromatic heterocycles. The lowest BCUT2D eigenvalue weighted by Crippen LogP contribution is -2.58. The van der Waals surface area contributed by atoms with Gasteiger partial charge in [0.15, 0.2) is 0 Å². The molecule has 5 aliphatic carbocycles. The van der Waals surface area contributed by atoms with Gasteiger partial charge in [0.1, 0.15) is 0 Å². The highest BCUT2D eigenvalue weighted by molar-refractivity contribution is 5.76. The van der Waals surface area contributed by atoms with Gasteiger partial charge in [-0.2, -0.15) is 0 Å². The van der Waals surface area contributed by atoms with Gasteiger partial charge in [-0.25, -0.2) is 0 Å². The highest BCUT2D eigenvalue weighted by atomic mass is 16.1. The van der Waals surface area contributed by atoms with E-state index in [1.54, 1.807) is 0 Å². The minimum absolute atomic E-state index is 0.250. The molecule has 0 aromatic carbocycles. The third-order valence-electron chi connectivity index (χ3n) is 5.83. The van der Waals surface area contributed by atoms with Crippen LogP contribution in [-0.2, 0) is 4.79 Å². The van der Waals surface area contributed by atoms with Crippen LogP contribution in [0.4, 0.5) is 0 Å². The Bertz CT molecular complexity index is 340. The first-order chi connectivity index (χ1) is 9.21. The normalized spacial score (nSPS) is 43.5. The predicted octanol–water partition coefficient (Wildman–Crippen LogP) is 2.21. The number of hydrogen-bond donors (Lipinski definition) is 2. The van der Waals surface area contributed by atoms with Crippen molar-refractivity contribution in [3.63, 3.8) is 0 Å². The van der Waals surface area contributed by atoms with E-state index in [1.165, 1.54) is 51.4 Å². The number of nitrogens with one attached hydrogen (secondary N) is 2. The summed E-state index contributed by atoms with van der Waals surface area (Å²) in [6.45, 7) is 0.880. The van der Waals surface area contributed by atoms with E-state index in [1.807, 2.05) is 0 Å². The lowest BCUT2D eigenvalue weighted by atomic mass is 9.53. The smallest absolute Gasteiger partial charge is 0.221 e. The van der Waals surface area contributed by atoms with E-state index in [-0.39, 0.29) is 5.91 Å². The molecule has 0 aliphatic heterocycles. The zero-order chi connectivity index (χ0) is 12.9. The summed E-state index contributed by atoms with van der Waals surface area (Å²) < 4.78 is 0. The van der Waals surface area contributed by atoms with Crippen LogP contribution in [0.1, 0.15) is 57.8 Å². The second kappa shape index (κ2) is 4.47. The van der Waals surface area contributed by atoms with Crippen LogP contribution in [0.2, 0.25) is 0 Å². The molecule has 5 aliphatic rings. The summed E-state index contributed by atoms with van der Waals surface area (Å²) >= 11 is 0. The second-order valence-electron chi connectivity index (χ2n) is 7.72. The topological polar surface area (TPSA) is 41.1 Å². The molecule has 4 bridgehead atoms. The van der Waals surface area contributed by atoms with Crippen LogP contribution in [0, 0.1) is 17.8 Å². The van der Waals surface area contributed by atoms with Gasteiger partial charge < -0.3 is 10.6 Å². The molecule has 2 N–H and O–H groups in total. The van der Waals surface area contributed by atoms with Crippen molar-refractivity contribution in [2.24, 2.45) is 17.8 Å². The number of carbonyl (C=O) groups is 1. The van der Waals surface area contributed by atoms with Gasteiger partial charge in [0.2, 0.25) is 5.91 Å². The summed E-state index contributed by atoms with van der Waals surface area (Å²) in [7, 11) is 0. The lowest BCUT2D eigenvalue weighted by molar-refractivity contribution is -0.121. The van der Waals surface area contributed by atoms with Gasteiger partial charge in [-0.05, 0) is 69.1 Å². The van der Waals surface area contributed by atoms with Gasteiger partial charge >= 0.3 is 0 Å². The molecule has 0 saturated heterocycles. The van der Waals surface area contributed by atoms with Crippen LogP contribution in [-0.4, -0.2) is 24.0 Å². The van der Waals surface area contributed by atoms with E-state index in [0.29, 0.717) is 18.0 Å². The van der Waals surface area contributed by atoms with Crippen molar-refractivity contribution in [3.05, 3.63) is 0 Å². The number of rotatable bonds is 5. The zero-order valence-corrected chi connectivity index (χ0v) is 11.8. The molecule has 0 heterocycles. The van der Waals surface area contributed by atoms with Gasteiger partial charge in [-0.15, -0.1) is 0 Å². The standard InChI is InChI=1S/C16H26N2O/c19-15(18-14-1-2-14)3-4-17-16-8-11-5-12(9-16)7-13(6-11)10-16/h11-14,17H,1-10H2,(H,18,19). The van der Waals surface area contributed by atoms with E-state index in [2.05, 4.69) is 10.6 Å². The molecule has 5 rings (SSSR count). The van der Waals surface area contributed by atoms with Gasteiger partial charge in [0.25, 0.3) is 0 Å². The van der Waals surface area contributed by atoms with Crippen molar-refractivity contribution >= 4 is 5.91 Å². The Labute approximate surface area is 115 Å². The van der Waals surface area contributed by atoms with Crippen LogP contribution < -0.4 is 10.6 Å². The van der Waals surface area contributed by atoms with Crippen LogP contribution in [0.15, 0.2) is 0 Å². The quantitative estimate of drug-likeness (QED) is 0.797. The summed E-state index contributed by atoms with van der Waals surface area (Å²) in [4.78, 5) is 11.7. The van der Waals surface area contributed by atoms with Crippen molar-refractivity contribution in [2.75, 3.05) is 6.54 Å². The van der Waals surface area contributed by atoms with Gasteiger partial charge in [0.05, 0.1) is 0 Å². The zero-order valence-electron chi connectivity index (χ0n) is 11.8. The first kappa shape index (κ1) is 12.2. The summed E-state index contributed by atoms with van der Waals surface area (Å²) in [5, 5.41) is 6.87. The van der Waals surface area contributed by atoms with Crippen molar-refractivity contribution in [1.82, 2.24) is 10.6 Å². The predicted molar refractivity (Wildman–Crippen MR) is 74.7 cm³/mol. The van der Waals surface area contributed by atoms with Gasteiger partial charge in [-0.1, -0.05) is 0 Å². The molecule has 3 heteroatoms. The average Bonchev–Trinajstić information content (AvgIpc) is 3.10. The molecule has 5 saturated carbocycles. The fraction of sp³-hybridized carbons (Fsp3) is 0.938. The molecule has 3 nitrogen and oxygen atoms in total. The molecule has 106 valence electrons. The molecule has 0 atom stereocenters. The van der Waals surface area contributed by atoms with Gasteiger partial charge in [-0.3, -0.25) is 4.79 Å². The second-order valence-corrected chi connectivity index (χ2v) is 7.72. The molecular weight excluding hydrogens is 236 g/mol. The molecule has 5 fully saturated rings. The third kappa shape index (κ3) is 2.54. The Kier molecular flexibility index (Phi) is 2.87. The summed E-state index contributed by atoms with van der Waals surface area (Å²) in [6, 6.07) is 0.507. The first-order valence-electron chi connectivity index (χ1n) is 8.25. The molecule has 0 radical (unpaired) electrons. The van der Waals surface area contributed by atoms with Crippen molar-refractivity contribution in [3.8, 4) is 0 Å². The SMILES string of the molecule is O=C(CCNC12CC3CC(CC(C3)C1)C2)NC1CC1. The Morgan fingerprint density at radius 3 is 2.11 bits per heavy atom. The van der Waals surface area contributed by atoms with E-state index in [0.717, 1.165) is 24.3 Å². The Hall–Kier alpha value is -0.570. The fourth-order valence-electron chi connectivity index (χ4n) is 5.30. The summed E-state index contributed by atoms with van der Waals surface area (Å²) in [5.74, 6) is 3.21. The maximum Gasteiger partial charge on any atom is 0.221 e. The van der Waals surface area contributed by atoms with Crippen LogP contribution >= 0.6 is 0 Å². The van der Waals surface area contributed by atoms with E-state index < -0.39 is 0 Å². The van der Waals surface area contributed by atoms with E-state index >= 15 is 0 Å². The average molecular weight is 262 g/mol. The first-order valence-corrected chi connectivity index (χ1v) is 8.25. The van der Waals surface area contributed by atoms with Crippen LogP contribution in [0.3, 0.4) is 0 Å². The van der Waals surface area contributed by atoms with E-state index in [4.69, 9.17) is 0 Å². The van der Waals surface area contributed by atoms with Crippen molar-refractivity contribution in [1.29, 1.82) is 0 Å². The molecule has 0 aromatic rings. The van der Waals surface area contributed by atoms with Crippen LogP contribution in [0.5, 0.6) is 0 Å². The molecule has 1 amide bonds. The molecule has 0 unspecified atom stereocenters. The largest absolute Gasteiger partial charge is 0.353 e. The number of carbonyl (C=O) groups excluding carboxylic acids is 1. The van der Waals surface area contributed by atoms with Crippen molar-refractivity contribution in [2.45, 2.75) is 69.4 Å². The van der Waals surface area contributed by atoms with Gasteiger partial charge in [0, 0.05) is 24.5 Å². The van der Waals surface area contributed by atoms with Crippen molar-refractivity contribution < 1.29 is 4.79 Å². The minimum atomic E-state index is 0.250. The maximum absolute atomic E-state index is 11.7. The maximum atomic E-state index is 11.7. The fourth-order valence-corrected chi connectivity index (χ4v) is 5.30.